The SMILES string of the molecule is Cc1cccc(NC(=O)c2ccc(CC(N)=S)cc2)c1C. The molecule has 0 bridgehead atoms. The van der Waals surface area contributed by atoms with Gasteiger partial charge in [-0.15, -0.1) is 0 Å². The molecule has 0 fully saturated rings. The van der Waals surface area contributed by atoms with Crippen LogP contribution in [-0.4, -0.2) is 10.9 Å². The highest BCUT2D eigenvalue weighted by molar-refractivity contribution is 7.80. The van der Waals surface area contributed by atoms with Crippen LogP contribution in [0.5, 0.6) is 0 Å². The molecule has 0 saturated heterocycles. The normalized spacial score (nSPS) is 10.2. The van der Waals surface area contributed by atoms with E-state index in [0.29, 0.717) is 17.0 Å². The summed E-state index contributed by atoms with van der Waals surface area (Å²) in [6.45, 7) is 4.02. The van der Waals surface area contributed by atoms with E-state index < -0.39 is 0 Å². The molecule has 0 aliphatic carbocycles. The Morgan fingerprint density at radius 2 is 1.81 bits per heavy atom. The molecule has 108 valence electrons. The van der Waals surface area contributed by atoms with E-state index >= 15 is 0 Å². The molecule has 0 aromatic heterocycles. The first-order valence-corrected chi connectivity index (χ1v) is 7.13. The van der Waals surface area contributed by atoms with E-state index in [2.05, 4.69) is 5.32 Å². The highest BCUT2D eigenvalue weighted by atomic mass is 32.1. The Morgan fingerprint density at radius 1 is 1.14 bits per heavy atom. The van der Waals surface area contributed by atoms with Crippen molar-refractivity contribution in [2.45, 2.75) is 20.3 Å². The van der Waals surface area contributed by atoms with Crippen LogP contribution >= 0.6 is 12.2 Å². The smallest absolute Gasteiger partial charge is 0.255 e. The van der Waals surface area contributed by atoms with E-state index in [9.17, 15) is 4.79 Å². The van der Waals surface area contributed by atoms with Crippen molar-refractivity contribution >= 4 is 28.8 Å². The summed E-state index contributed by atoms with van der Waals surface area (Å²) in [7, 11) is 0. The molecule has 3 N–H and O–H groups in total. The van der Waals surface area contributed by atoms with Crippen molar-refractivity contribution in [1.29, 1.82) is 0 Å². The van der Waals surface area contributed by atoms with Gasteiger partial charge < -0.3 is 11.1 Å². The fraction of sp³-hybridized carbons (Fsp3) is 0.176. The minimum atomic E-state index is -0.120. The van der Waals surface area contributed by atoms with Crippen molar-refractivity contribution < 1.29 is 4.79 Å². The van der Waals surface area contributed by atoms with Crippen LogP contribution in [0.4, 0.5) is 5.69 Å². The third-order valence-corrected chi connectivity index (χ3v) is 3.59. The predicted molar refractivity (Wildman–Crippen MR) is 90.8 cm³/mol. The maximum Gasteiger partial charge on any atom is 0.255 e. The van der Waals surface area contributed by atoms with Gasteiger partial charge in [0.05, 0.1) is 4.99 Å². The summed E-state index contributed by atoms with van der Waals surface area (Å²) in [5.41, 5.74) is 10.2. The first-order chi connectivity index (χ1) is 9.97. The van der Waals surface area contributed by atoms with Crippen LogP contribution in [0, 0.1) is 13.8 Å². The van der Waals surface area contributed by atoms with Gasteiger partial charge in [-0.3, -0.25) is 4.79 Å². The minimum absolute atomic E-state index is 0.120. The molecule has 0 atom stereocenters. The standard InChI is InChI=1S/C17H18N2OS/c1-11-4-3-5-15(12(11)2)19-17(20)14-8-6-13(7-9-14)10-16(18)21/h3-9H,10H2,1-2H3,(H2,18,21)(H,19,20). The van der Waals surface area contributed by atoms with Crippen molar-refractivity contribution in [2.24, 2.45) is 5.73 Å². The third-order valence-electron chi connectivity index (χ3n) is 3.45. The van der Waals surface area contributed by atoms with Crippen molar-refractivity contribution in [2.75, 3.05) is 5.32 Å². The van der Waals surface area contributed by atoms with Gasteiger partial charge >= 0.3 is 0 Å². The Kier molecular flexibility index (Phi) is 4.70. The Balaban J connectivity index is 2.13. The van der Waals surface area contributed by atoms with Gasteiger partial charge in [0.25, 0.3) is 5.91 Å². The molecular weight excluding hydrogens is 280 g/mol. The van der Waals surface area contributed by atoms with Crippen molar-refractivity contribution in [3.63, 3.8) is 0 Å². The molecule has 3 nitrogen and oxygen atoms in total. The molecule has 4 heteroatoms. The number of benzene rings is 2. The van der Waals surface area contributed by atoms with Gasteiger partial charge in [0.2, 0.25) is 0 Å². The quantitative estimate of drug-likeness (QED) is 0.851. The Morgan fingerprint density at radius 3 is 2.43 bits per heavy atom. The van der Waals surface area contributed by atoms with Gasteiger partial charge in [-0.05, 0) is 48.7 Å². The molecule has 0 heterocycles. The monoisotopic (exact) mass is 298 g/mol. The molecule has 0 aliphatic rings. The van der Waals surface area contributed by atoms with Gasteiger partial charge in [0.1, 0.15) is 0 Å². The number of anilines is 1. The number of thiocarbonyl (C=S) groups is 1. The van der Waals surface area contributed by atoms with E-state index in [4.69, 9.17) is 18.0 Å². The molecule has 0 unspecified atom stereocenters. The molecule has 0 aliphatic heterocycles. The fourth-order valence-corrected chi connectivity index (χ4v) is 2.22. The van der Waals surface area contributed by atoms with E-state index in [1.165, 1.54) is 0 Å². The molecule has 0 spiro atoms. The highest BCUT2D eigenvalue weighted by Gasteiger charge is 2.08. The lowest BCUT2D eigenvalue weighted by molar-refractivity contribution is 0.102. The summed E-state index contributed by atoms with van der Waals surface area (Å²) in [6, 6.07) is 13.2. The maximum atomic E-state index is 12.2. The summed E-state index contributed by atoms with van der Waals surface area (Å²) in [4.78, 5) is 12.7. The summed E-state index contributed by atoms with van der Waals surface area (Å²) in [5.74, 6) is -0.120. The third kappa shape index (κ3) is 3.89. The first-order valence-electron chi connectivity index (χ1n) is 6.72. The Labute approximate surface area is 130 Å². The number of nitrogens with two attached hydrogens (primary N) is 1. The van der Waals surface area contributed by atoms with Crippen LogP contribution < -0.4 is 11.1 Å². The summed E-state index contributed by atoms with van der Waals surface area (Å²) in [6.07, 6.45) is 0.550. The van der Waals surface area contributed by atoms with Gasteiger partial charge in [-0.25, -0.2) is 0 Å². The van der Waals surface area contributed by atoms with Crippen LogP contribution in [0.25, 0.3) is 0 Å². The number of aryl methyl sites for hydroxylation is 1. The van der Waals surface area contributed by atoms with Crippen LogP contribution in [-0.2, 0) is 6.42 Å². The maximum absolute atomic E-state index is 12.2. The average molecular weight is 298 g/mol. The number of carbonyl (C=O) groups excluding carboxylic acids is 1. The van der Waals surface area contributed by atoms with Crippen LogP contribution in [0.1, 0.15) is 27.0 Å². The zero-order chi connectivity index (χ0) is 15.4. The van der Waals surface area contributed by atoms with Crippen molar-refractivity contribution in [1.82, 2.24) is 0 Å². The fourth-order valence-electron chi connectivity index (χ4n) is 2.06. The number of rotatable bonds is 4. The van der Waals surface area contributed by atoms with E-state index in [1.54, 1.807) is 12.1 Å². The summed E-state index contributed by atoms with van der Waals surface area (Å²) in [5, 5.41) is 2.94. The molecule has 2 aromatic carbocycles. The number of hydrogen-bond acceptors (Lipinski definition) is 2. The molecule has 0 radical (unpaired) electrons. The van der Waals surface area contributed by atoms with Gasteiger partial charge in [0, 0.05) is 17.7 Å². The van der Waals surface area contributed by atoms with E-state index in [0.717, 1.165) is 22.4 Å². The second kappa shape index (κ2) is 6.50. The topological polar surface area (TPSA) is 55.1 Å². The van der Waals surface area contributed by atoms with E-state index in [1.807, 2.05) is 44.2 Å². The molecule has 21 heavy (non-hydrogen) atoms. The number of nitrogens with one attached hydrogen (secondary N) is 1. The van der Waals surface area contributed by atoms with Crippen LogP contribution in [0.15, 0.2) is 42.5 Å². The zero-order valence-corrected chi connectivity index (χ0v) is 13.0. The number of hydrogen-bond donors (Lipinski definition) is 2. The van der Waals surface area contributed by atoms with Gasteiger partial charge in [-0.2, -0.15) is 0 Å². The molecule has 0 saturated carbocycles. The number of carbonyl (C=O) groups is 1. The van der Waals surface area contributed by atoms with Gasteiger partial charge in [-0.1, -0.05) is 36.5 Å². The lowest BCUT2D eigenvalue weighted by Gasteiger charge is -2.10. The second-order valence-corrected chi connectivity index (χ2v) is 5.57. The van der Waals surface area contributed by atoms with Crippen LogP contribution in [0.3, 0.4) is 0 Å². The largest absolute Gasteiger partial charge is 0.393 e. The van der Waals surface area contributed by atoms with Crippen molar-refractivity contribution in [3.8, 4) is 0 Å². The molecule has 1 amide bonds. The lowest BCUT2D eigenvalue weighted by Crippen LogP contribution is -2.14. The first kappa shape index (κ1) is 15.2. The van der Waals surface area contributed by atoms with E-state index in [-0.39, 0.29) is 5.91 Å². The minimum Gasteiger partial charge on any atom is -0.393 e. The lowest BCUT2D eigenvalue weighted by atomic mass is 10.1. The Bertz CT molecular complexity index is 678. The zero-order valence-electron chi connectivity index (χ0n) is 12.1. The second-order valence-electron chi connectivity index (χ2n) is 5.04. The van der Waals surface area contributed by atoms with Crippen molar-refractivity contribution in [3.05, 3.63) is 64.7 Å². The average Bonchev–Trinajstić information content (AvgIpc) is 2.44. The predicted octanol–water partition coefficient (Wildman–Crippen LogP) is 3.38. The van der Waals surface area contributed by atoms with Crippen LogP contribution in [0.2, 0.25) is 0 Å². The molecule has 2 rings (SSSR count). The molecular formula is C17H18N2OS. The van der Waals surface area contributed by atoms with Gasteiger partial charge in [0.15, 0.2) is 0 Å². The Hall–Kier alpha value is -2.20. The number of amides is 1. The summed E-state index contributed by atoms with van der Waals surface area (Å²) < 4.78 is 0. The molecule has 2 aromatic rings. The summed E-state index contributed by atoms with van der Waals surface area (Å²) >= 11 is 4.87. The highest BCUT2D eigenvalue weighted by Crippen LogP contribution is 2.19.